The quantitative estimate of drug-likeness (QED) is 0.507. The van der Waals surface area contributed by atoms with E-state index in [2.05, 4.69) is 15.3 Å². The molecule has 6 heteroatoms. The van der Waals surface area contributed by atoms with Gasteiger partial charge in [0, 0.05) is 23.6 Å². The van der Waals surface area contributed by atoms with Gasteiger partial charge in [-0.2, -0.15) is 0 Å². The van der Waals surface area contributed by atoms with E-state index >= 15 is 0 Å². The molecule has 0 spiro atoms. The number of nitrogens with zero attached hydrogens (tertiary/aromatic N) is 1. The van der Waals surface area contributed by atoms with Crippen molar-refractivity contribution in [2.24, 2.45) is 0 Å². The number of H-pyrrole nitrogens is 1. The second-order valence-electron chi connectivity index (χ2n) is 5.40. The molecule has 3 rings (SSSR count). The summed E-state index contributed by atoms with van der Waals surface area (Å²) in [5.41, 5.74) is 1.24. The van der Waals surface area contributed by atoms with Gasteiger partial charge in [-0.1, -0.05) is 18.2 Å². The number of benzene rings is 2. The minimum absolute atomic E-state index is 0.111. The average molecular weight is 347 g/mol. The number of para-hydroxylation sites is 1. The molecule has 1 aromatic heterocycles. The Bertz CT molecular complexity index is 886. The topological polar surface area (TPSA) is 84.1 Å². The van der Waals surface area contributed by atoms with Crippen LogP contribution in [0.15, 0.2) is 73.1 Å². The average Bonchev–Trinajstić information content (AvgIpc) is 3.19. The van der Waals surface area contributed by atoms with Crippen LogP contribution in [-0.4, -0.2) is 28.3 Å². The SMILES string of the molecule is O=C(COc1ccc(C(=O)/C=C\c2ncc[nH]2)cc1)Nc1ccccc1. The van der Waals surface area contributed by atoms with E-state index in [0.29, 0.717) is 22.8 Å². The van der Waals surface area contributed by atoms with Gasteiger partial charge in [0.25, 0.3) is 5.91 Å². The molecule has 0 aliphatic rings. The van der Waals surface area contributed by atoms with E-state index in [1.165, 1.54) is 6.08 Å². The van der Waals surface area contributed by atoms with Crippen LogP contribution in [0.25, 0.3) is 6.08 Å². The predicted octanol–water partition coefficient (Wildman–Crippen LogP) is 3.32. The maximum absolute atomic E-state index is 12.1. The second kappa shape index (κ2) is 8.43. The molecule has 0 bridgehead atoms. The summed E-state index contributed by atoms with van der Waals surface area (Å²) in [5.74, 6) is 0.731. The van der Waals surface area contributed by atoms with Crippen molar-refractivity contribution in [2.45, 2.75) is 0 Å². The molecule has 130 valence electrons. The number of ether oxygens (including phenoxy) is 1. The van der Waals surface area contributed by atoms with Gasteiger partial charge in [-0.25, -0.2) is 4.98 Å². The molecule has 2 N–H and O–H groups in total. The first-order valence-electron chi connectivity index (χ1n) is 8.00. The zero-order chi connectivity index (χ0) is 18.2. The fourth-order valence-electron chi connectivity index (χ4n) is 2.20. The van der Waals surface area contributed by atoms with Crippen molar-refractivity contribution >= 4 is 23.5 Å². The Labute approximate surface area is 150 Å². The third-order valence-corrected chi connectivity index (χ3v) is 3.48. The van der Waals surface area contributed by atoms with Crippen molar-refractivity contribution < 1.29 is 14.3 Å². The van der Waals surface area contributed by atoms with Crippen molar-refractivity contribution in [3.63, 3.8) is 0 Å². The first-order valence-corrected chi connectivity index (χ1v) is 8.00. The van der Waals surface area contributed by atoms with E-state index in [0.717, 1.165) is 0 Å². The zero-order valence-corrected chi connectivity index (χ0v) is 13.9. The van der Waals surface area contributed by atoms with E-state index in [4.69, 9.17) is 4.74 Å². The van der Waals surface area contributed by atoms with Crippen LogP contribution >= 0.6 is 0 Å². The predicted molar refractivity (Wildman–Crippen MR) is 99.0 cm³/mol. The summed E-state index contributed by atoms with van der Waals surface area (Å²) in [5, 5.41) is 2.74. The first-order chi connectivity index (χ1) is 12.7. The molecule has 2 aromatic carbocycles. The molecule has 6 nitrogen and oxygen atoms in total. The van der Waals surface area contributed by atoms with Gasteiger partial charge in [-0.05, 0) is 48.6 Å². The molecule has 0 unspecified atom stereocenters. The molecule has 26 heavy (non-hydrogen) atoms. The lowest BCUT2D eigenvalue weighted by molar-refractivity contribution is -0.118. The summed E-state index contributed by atoms with van der Waals surface area (Å²) in [7, 11) is 0. The number of hydrogen-bond acceptors (Lipinski definition) is 4. The van der Waals surface area contributed by atoms with Crippen molar-refractivity contribution in [1.82, 2.24) is 9.97 Å². The molecular weight excluding hydrogens is 330 g/mol. The van der Waals surface area contributed by atoms with Gasteiger partial charge in [0.1, 0.15) is 11.6 Å². The molecule has 0 fully saturated rings. The Balaban J connectivity index is 1.51. The van der Waals surface area contributed by atoms with E-state index in [1.54, 1.807) is 54.9 Å². The molecule has 0 saturated heterocycles. The Kier molecular flexibility index (Phi) is 5.57. The largest absolute Gasteiger partial charge is 0.484 e. The molecule has 0 atom stereocenters. The Hall–Kier alpha value is -3.67. The minimum Gasteiger partial charge on any atom is -0.484 e. The molecule has 0 radical (unpaired) electrons. The van der Waals surface area contributed by atoms with Crippen molar-refractivity contribution in [3.8, 4) is 5.75 Å². The molecule has 3 aromatic rings. The standard InChI is InChI=1S/C20H17N3O3/c24-18(10-11-19-21-12-13-22-19)15-6-8-17(9-7-15)26-14-20(25)23-16-4-2-1-3-5-16/h1-13H,14H2,(H,21,22)(H,23,25)/b11-10-. The second-order valence-corrected chi connectivity index (χ2v) is 5.40. The van der Waals surface area contributed by atoms with E-state index in [1.807, 2.05) is 18.2 Å². The summed E-state index contributed by atoms with van der Waals surface area (Å²) in [6, 6.07) is 15.8. The number of anilines is 1. The highest BCUT2D eigenvalue weighted by Gasteiger charge is 2.05. The number of aromatic nitrogens is 2. The Morgan fingerprint density at radius 3 is 2.54 bits per heavy atom. The van der Waals surface area contributed by atoms with Gasteiger partial charge in [0.05, 0.1) is 0 Å². The van der Waals surface area contributed by atoms with Gasteiger partial charge < -0.3 is 15.0 Å². The lowest BCUT2D eigenvalue weighted by Gasteiger charge is -2.07. The number of carbonyl (C=O) groups is 2. The van der Waals surface area contributed by atoms with Gasteiger partial charge in [0.15, 0.2) is 12.4 Å². The number of aromatic amines is 1. The number of nitrogens with one attached hydrogen (secondary N) is 2. The smallest absolute Gasteiger partial charge is 0.262 e. The van der Waals surface area contributed by atoms with Gasteiger partial charge in [-0.3, -0.25) is 9.59 Å². The number of hydrogen-bond donors (Lipinski definition) is 2. The summed E-state index contributed by atoms with van der Waals surface area (Å²) < 4.78 is 5.44. The van der Waals surface area contributed by atoms with Crippen LogP contribution in [-0.2, 0) is 4.79 Å². The molecular formula is C20H17N3O3. The van der Waals surface area contributed by atoms with Crippen LogP contribution in [0.3, 0.4) is 0 Å². The molecule has 1 amide bonds. The normalized spacial score (nSPS) is 10.6. The lowest BCUT2D eigenvalue weighted by Crippen LogP contribution is -2.20. The van der Waals surface area contributed by atoms with Crippen LogP contribution in [0.4, 0.5) is 5.69 Å². The van der Waals surface area contributed by atoms with E-state index in [-0.39, 0.29) is 18.3 Å². The highest BCUT2D eigenvalue weighted by atomic mass is 16.5. The zero-order valence-electron chi connectivity index (χ0n) is 13.9. The van der Waals surface area contributed by atoms with Crippen molar-refractivity contribution in [2.75, 3.05) is 11.9 Å². The number of carbonyl (C=O) groups excluding carboxylic acids is 2. The lowest BCUT2D eigenvalue weighted by atomic mass is 10.1. The van der Waals surface area contributed by atoms with Crippen LogP contribution in [0.2, 0.25) is 0 Å². The van der Waals surface area contributed by atoms with Crippen LogP contribution in [0.5, 0.6) is 5.75 Å². The number of ketones is 1. The van der Waals surface area contributed by atoms with Gasteiger partial charge in [0.2, 0.25) is 0 Å². The maximum atomic E-state index is 12.1. The first kappa shape index (κ1) is 17.2. The summed E-state index contributed by atoms with van der Waals surface area (Å²) >= 11 is 0. The van der Waals surface area contributed by atoms with Crippen LogP contribution in [0, 0.1) is 0 Å². The highest BCUT2D eigenvalue weighted by molar-refractivity contribution is 6.06. The van der Waals surface area contributed by atoms with Crippen LogP contribution < -0.4 is 10.1 Å². The number of amides is 1. The summed E-state index contributed by atoms with van der Waals surface area (Å²) in [6.07, 6.45) is 6.36. The fourth-order valence-corrected chi connectivity index (χ4v) is 2.20. The third kappa shape index (κ3) is 4.91. The third-order valence-electron chi connectivity index (χ3n) is 3.48. The van der Waals surface area contributed by atoms with Crippen molar-refractivity contribution in [1.29, 1.82) is 0 Å². The summed E-state index contributed by atoms with van der Waals surface area (Å²) in [6.45, 7) is -0.111. The highest BCUT2D eigenvalue weighted by Crippen LogP contribution is 2.13. The van der Waals surface area contributed by atoms with Crippen molar-refractivity contribution in [3.05, 3.63) is 84.5 Å². The van der Waals surface area contributed by atoms with E-state index in [9.17, 15) is 9.59 Å². The Morgan fingerprint density at radius 1 is 1.08 bits per heavy atom. The number of allylic oxidation sites excluding steroid dienone is 1. The molecule has 1 heterocycles. The van der Waals surface area contributed by atoms with Gasteiger partial charge >= 0.3 is 0 Å². The van der Waals surface area contributed by atoms with Gasteiger partial charge in [-0.15, -0.1) is 0 Å². The monoisotopic (exact) mass is 347 g/mol. The number of rotatable bonds is 7. The number of imidazole rings is 1. The molecule has 0 aliphatic carbocycles. The van der Waals surface area contributed by atoms with E-state index < -0.39 is 0 Å². The Morgan fingerprint density at radius 2 is 1.85 bits per heavy atom. The minimum atomic E-state index is -0.252. The molecule has 0 aliphatic heterocycles. The van der Waals surface area contributed by atoms with Crippen LogP contribution in [0.1, 0.15) is 16.2 Å². The summed E-state index contributed by atoms with van der Waals surface area (Å²) in [4.78, 5) is 30.8. The molecule has 0 saturated carbocycles. The fraction of sp³-hybridized carbons (Fsp3) is 0.0500. The maximum Gasteiger partial charge on any atom is 0.262 e.